The number of anilines is 1. The second-order valence-electron chi connectivity index (χ2n) is 5.04. The molecule has 132 valence electrons. The molecule has 1 aromatic carbocycles. The molecule has 1 amide bonds. The van der Waals surface area contributed by atoms with Crippen molar-refractivity contribution in [3.63, 3.8) is 0 Å². The lowest BCUT2D eigenvalue weighted by Crippen LogP contribution is -2.56. The highest BCUT2D eigenvalue weighted by Gasteiger charge is 2.35. The van der Waals surface area contributed by atoms with Gasteiger partial charge in [0, 0.05) is 23.7 Å². The molecule has 1 atom stereocenters. The number of thiocarbonyl (C=S) groups is 1. The zero-order valence-corrected chi connectivity index (χ0v) is 15.8. The molecule has 0 saturated carbocycles. The molecule has 7 nitrogen and oxygen atoms in total. The molecule has 0 spiro atoms. The minimum atomic E-state index is -1.86. The highest BCUT2D eigenvalue weighted by atomic mass is 35.6. The summed E-state index contributed by atoms with van der Waals surface area (Å²) < 4.78 is -1.86. The van der Waals surface area contributed by atoms with Crippen LogP contribution in [0.3, 0.4) is 0 Å². The van der Waals surface area contributed by atoms with Gasteiger partial charge in [-0.2, -0.15) is 0 Å². The Morgan fingerprint density at radius 2 is 1.92 bits per heavy atom. The summed E-state index contributed by atoms with van der Waals surface area (Å²) in [6.07, 6.45) is -1.09. The number of hydrogen-bond acceptors (Lipinski definition) is 4. The molecule has 3 N–H and O–H groups in total. The van der Waals surface area contributed by atoms with Gasteiger partial charge in [0.05, 0.1) is 4.92 Å². The van der Waals surface area contributed by atoms with Crippen molar-refractivity contribution in [1.29, 1.82) is 0 Å². The summed E-state index contributed by atoms with van der Waals surface area (Å²) in [5.41, 5.74) is 0.272. The first-order valence-electron chi connectivity index (χ1n) is 6.69. The van der Waals surface area contributed by atoms with Gasteiger partial charge in [0.1, 0.15) is 6.17 Å². The first-order valence-corrected chi connectivity index (χ1v) is 8.24. The van der Waals surface area contributed by atoms with Crippen molar-refractivity contribution in [1.82, 2.24) is 10.6 Å². The van der Waals surface area contributed by atoms with E-state index < -0.39 is 14.9 Å². The van der Waals surface area contributed by atoms with Crippen LogP contribution in [0.25, 0.3) is 0 Å². The number of nitrogens with one attached hydrogen (secondary N) is 3. The van der Waals surface area contributed by atoms with E-state index in [1.165, 1.54) is 18.2 Å². The number of alkyl halides is 3. The van der Waals surface area contributed by atoms with E-state index in [1.54, 1.807) is 19.9 Å². The molecular formula is C13H15Cl3N4O3S. The normalized spacial score (nSPS) is 12.4. The number of carbonyl (C=O) groups is 1. The second kappa shape index (κ2) is 8.66. The predicted molar refractivity (Wildman–Crippen MR) is 99.5 cm³/mol. The van der Waals surface area contributed by atoms with Crippen LogP contribution in [0.2, 0.25) is 0 Å². The van der Waals surface area contributed by atoms with Crippen LogP contribution in [-0.2, 0) is 4.79 Å². The number of nitrogens with zero attached hydrogens (tertiary/aromatic N) is 1. The number of non-ortho nitro benzene ring substituents is 1. The van der Waals surface area contributed by atoms with Crippen molar-refractivity contribution >= 4 is 69.4 Å². The van der Waals surface area contributed by atoms with E-state index >= 15 is 0 Å². The lowest BCUT2D eigenvalue weighted by molar-refractivity contribution is -0.384. The molecule has 0 fully saturated rings. The highest BCUT2D eigenvalue weighted by Crippen LogP contribution is 2.29. The number of halogens is 3. The van der Waals surface area contributed by atoms with Crippen molar-refractivity contribution in [2.75, 3.05) is 5.32 Å². The third-order valence-corrected chi connectivity index (χ3v) is 3.60. The predicted octanol–water partition coefficient (Wildman–Crippen LogP) is 3.35. The minimum Gasteiger partial charge on any atom is -0.339 e. The van der Waals surface area contributed by atoms with Gasteiger partial charge in [0.2, 0.25) is 9.70 Å². The van der Waals surface area contributed by atoms with Gasteiger partial charge in [-0.15, -0.1) is 0 Å². The number of carbonyl (C=O) groups excluding carboxylic acids is 1. The molecule has 1 unspecified atom stereocenters. The Balaban J connectivity index is 2.80. The first-order chi connectivity index (χ1) is 11.0. The summed E-state index contributed by atoms with van der Waals surface area (Å²) >= 11 is 22.6. The van der Waals surface area contributed by atoms with Crippen LogP contribution >= 0.6 is 47.0 Å². The minimum absolute atomic E-state index is 0.0240. The summed E-state index contributed by atoms with van der Waals surface area (Å²) in [7, 11) is 0. The fourth-order valence-electron chi connectivity index (χ4n) is 1.50. The molecule has 0 radical (unpaired) electrons. The van der Waals surface area contributed by atoms with Crippen LogP contribution in [0.1, 0.15) is 13.8 Å². The Hall–Kier alpha value is -1.35. The van der Waals surface area contributed by atoms with Gasteiger partial charge in [0.15, 0.2) is 5.11 Å². The zero-order valence-electron chi connectivity index (χ0n) is 12.7. The molecule has 0 aliphatic heterocycles. The number of amides is 1. The Labute approximate surface area is 159 Å². The van der Waals surface area contributed by atoms with Crippen LogP contribution in [0, 0.1) is 16.0 Å². The maximum Gasteiger partial charge on any atom is 0.271 e. The molecule has 0 heterocycles. The average Bonchev–Trinajstić information content (AvgIpc) is 2.45. The quantitative estimate of drug-likeness (QED) is 0.225. The Morgan fingerprint density at radius 1 is 1.29 bits per heavy atom. The van der Waals surface area contributed by atoms with Crippen LogP contribution in [-0.4, -0.2) is 25.9 Å². The number of nitro groups is 1. The Bertz CT molecular complexity index is 637. The van der Waals surface area contributed by atoms with E-state index in [2.05, 4.69) is 16.0 Å². The van der Waals surface area contributed by atoms with E-state index in [0.717, 1.165) is 0 Å². The molecule has 0 aromatic heterocycles. The van der Waals surface area contributed by atoms with E-state index in [-0.39, 0.29) is 22.6 Å². The average molecular weight is 414 g/mol. The van der Waals surface area contributed by atoms with Crippen molar-refractivity contribution < 1.29 is 9.72 Å². The van der Waals surface area contributed by atoms with Crippen LogP contribution in [0.4, 0.5) is 11.4 Å². The van der Waals surface area contributed by atoms with E-state index in [9.17, 15) is 14.9 Å². The number of nitro benzene ring substituents is 1. The smallest absolute Gasteiger partial charge is 0.271 e. The van der Waals surface area contributed by atoms with Crippen LogP contribution in [0.15, 0.2) is 24.3 Å². The van der Waals surface area contributed by atoms with Gasteiger partial charge in [-0.3, -0.25) is 14.9 Å². The number of hydrogen-bond donors (Lipinski definition) is 3. The fraction of sp³-hybridized carbons (Fsp3) is 0.385. The molecule has 24 heavy (non-hydrogen) atoms. The third kappa shape index (κ3) is 6.64. The number of rotatable bonds is 5. The summed E-state index contributed by atoms with van der Waals surface area (Å²) in [6.45, 7) is 3.37. The van der Waals surface area contributed by atoms with Gasteiger partial charge in [-0.25, -0.2) is 0 Å². The first kappa shape index (κ1) is 20.7. The van der Waals surface area contributed by atoms with Crippen LogP contribution < -0.4 is 16.0 Å². The molecule has 1 aromatic rings. The van der Waals surface area contributed by atoms with Gasteiger partial charge < -0.3 is 16.0 Å². The van der Waals surface area contributed by atoms with Gasteiger partial charge in [0.25, 0.3) is 5.69 Å². The zero-order chi connectivity index (χ0) is 18.5. The summed E-state index contributed by atoms with van der Waals surface area (Å²) in [5, 5.41) is 18.7. The molecule has 0 aliphatic rings. The summed E-state index contributed by atoms with van der Waals surface area (Å²) in [4.78, 5) is 22.0. The maximum absolute atomic E-state index is 11.8. The molecule has 0 aliphatic carbocycles. The van der Waals surface area contributed by atoms with Gasteiger partial charge in [-0.1, -0.05) is 54.7 Å². The highest BCUT2D eigenvalue weighted by molar-refractivity contribution is 7.80. The van der Waals surface area contributed by atoms with Crippen molar-refractivity contribution in [3.05, 3.63) is 34.4 Å². The molecule has 1 rings (SSSR count). The van der Waals surface area contributed by atoms with Crippen molar-refractivity contribution in [2.45, 2.75) is 23.8 Å². The van der Waals surface area contributed by atoms with Crippen LogP contribution in [0.5, 0.6) is 0 Å². The monoisotopic (exact) mass is 412 g/mol. The molecule has 0 bridgehead atoms. The maximum atomic E-state index is 11.8. The standard InChI is InChI=1S/C13H15Cl3N4O3S/c1-7(2)10(21)18-11(13(14,15)16)19-12(24)17-8-4-3-5-9(6-8)20(22)23/h3-7,11H,1-2H3,(H,18,21)(H2,17,19,24). The van der Waals surface area contributed by atoms with Gasteiger partial charge in [-0.05, 0) is 18.3 Å². The van der Waals surface area contributed by atoms with E-state index in [4.69, 9.17) is 47.0 Å². The van der Waals surface area contributed by atoms with E-state index in [0.29, 0.717) is 5.69 Å². The fourth-order valence-corrected chi connectivity index (χ4v) is 2.07. The lowest BCUT2D eigenvalue weighted by Gasteiger charge is -2.28. The summed E-state index contributed by atoms with van der Waals surface area (Å²) in [6, 6.07) is 5.72. The Kier molecular flexibility index (Phi) is 7.47. The lowest BCUT2D eigenvalue weighted by atomic mass is 10.2. The largest absolute Gasteiger partial charge is 0.339 e. The second-order valence-corrected chi connectivity index (χ2v) is 7.82. The molecule has 0 saturated heterocycles. The molecule has 11 heteroatoms. The van der Waals surface area contributed by atoms with Gasteiger partial charge >= 0.3 is 0 Å². The summed E-state index contributed by atoms with van der Waals surface area (Å²) in [5.74, 6) is -0.656. The topological polar surface area (TPSA) is 96.3 Å². The third-order valence-electron chi connectivity index (χ3n) is 2.73. The number of benzene rings is 1. The molecular weight excluding hydrogens is 399 g/mol. The van der Waals surface area contributed by atoms with Crippen molar-refractivity contribution in [3.8, 4) is 0 Å². The van der Waals surface area contributed by atoms with E-state index in [1.807, 2.05) is 0 Å². The Morgan fingerprint density at radius 3 is 2.42 bits per heavy atom. The SMILES string of the molecule is CC(C)C(=O)NC(NC(=S)Nc1cccc([N+](=O)[O-])c1)C(Cl)(Cl)Cl. The van der Waals surface area contributed by atoms with Crippen molar-refractivity contribution in [2.24, 2.45) is 5.92 Å².